The maximum absolute atomic E-state index is 12.2. The lowest BCUT2D eigenvalue weighted by Crippen LogP contribution is -2.41. The number of piperidine rings is 1. The number of hydrogen-bond acceptors (Lipinski definition) is 5. The quantitative estimate of drug-likeness (QED) is 0.867. The Hall–Kier alpha value is -2.44. The van der Waals surface area contributed by atoms with Gasteiger partial charge in [0.25, 0.3) is 5.56 Å². The molecule has 1 aliphatic heterocycles. The number of pyridine rings is 1. The minimum atomic E-state index is -0.495. The molecule has 7 heteroatoms. The van der Waals surface area contributed by atoms with Gasteiger partial charge in [-0.1, -0.05) is 0 Å². The molecule has 1 aliphatic rings. The summed E-state index contributed by atoms with van der Waals surface area (Å²) in [6.07, 6.45) is 2.81. The monoisotopic (exact) mass is 330 g/mol. The van der Waals surface area contributed by atoms with Gasteiger partial charge in [-0.05, 0) is 45.7 Å². The van der Waals surface area contributed by atoms with E-state index in [0.29, 0.717) is 29.9 Å². The second-order valence-electron chi connectivity index (χ2n) is 7.07. The summed E-state index contributed by atoms with van der Waals surface area (Å²) in [5.41, 5.74) is -0.200. The van der Waals surface area contributed by atoms with Gasteiger partial charge in [0.05, 0.1) is 5.39 Å². The molecular formula is C17H22N4O3. The summed E-state index contributed by atoms with van der Waals surface area (Å²) in [6, 6.07) is 3.43. The van der Waals surface area contributed by atoms with E-state index in [0.717, 1.165) is 12.8 Å². The highest BCUT2D eigenvalue weighted by Crippen LogP contribution is 2.26. The molecule has 1 N–H and O–H groups in total. The molecule has 0 aliphatic carbocycles. The van der Waals surface area contributed by atoms with E-state index < -0.39 is 5.60 Å². The van der Waals surface area contributed by atoms with E-state index in [4.69, 9.17) is 4.74 Å². The molecule has 1 saturated heterocycles. The number of nitrogens with one attached hydrogen (secondary N) is 1. The first-order valence-corrected chi connectivity index (χ1v) is 8.16. The van der Waals surface area contributed by atoms with Crippen molar-refractivity contribution in [3.63, 3.8) is 0 Å². The molecule has 0 saturated carbocycles. The molecule has 7 nitrogen and oxygen atoms in total. The van der Waals surface area contributed by atoms with Crippen molar-refractivity contribution in [2.24, 2.45) is 0 Å². The summed E-state index contributed by atoms with van der Waals surface area (Å²) in [5.74, 6) is 0.762. The van der Waals surface area contributed by atoms with Crippen molar-refractivity contribution in [2.75, 3.05) is 13.1 Å². The largest absolute Gasteiger partial charge is 0.444 e. The fourth-order valence-corrected chi connectivity index (χ4v) is 2.84. The summed E-state index contributed by atoms with van der Waals surface area (Å²) < 4.78 is 5.40. The molecule has 0 spiro atoms. The molecule has 0 unspecified atom stereocenters. The lowest BCUT2D eigenvalue weighted by molar-refractivity contribution is 0.0203. The van der Waals surface area contributed by atoms with Crippen molar-refractivity contribution < 1.29 is 9.53 Å². The zero-order valence-corrected chi connectivity index (χ0v) is 14.2. The maximum atomic E-state index is 12.2. The van der Waals surface area contributed by atoms with Crippen molar-refractivity contribution in [3.8, 4) is 0 Å². The van der Waals surface area contributed by atoms with Crippen LogP contribution in [0.4, 0.5) is 4.79 Å². The van der Waals surface area contributed by atoms with Crippen molar-refractivity contribution in [3.05, 3.63) is 34.5 Å². The summed E-state index contributed by atoms with van der Waals surface area (Å²) in [4.78, 5) is 37.5. The topological polar surface area (TPSA) is 88.2 Å². The molecule has 0 radical (unpaired) electrons. The molecule has 1 fully saturated rings. The molecule has 24 heavy (non-hydrogen) atoms. The Morgan fingerprint density at radius 1 is 1.33 bits per heavy atom. The van der Waals surface area contributed by atoms with Crippen LogP contribution in [0.2, 0.25) is 0 Å². The first kappa shape index (κ1) is 16.4. The highest BCUT2D eigenvalue weighted by molar-refractivity contribution is 5.72. The Kier molecular flexibility index (Phi) is 4.26. The summed E-state index contributed by atoms with van der Waals surface area (Å²) >= 11 is 0. The van der Waals surface area contributed by atoms with Gasteiger partial charge in [0.2, 0.25) is 0 Å². The van der Waals surface area contributed by atoms with Crippen LogP contribution in [0.1, 0.15) is 45.4 Å². The van der Waals surface area contributed by atoms with Crippen LogP contribution < -0.4 is 5.56 Å². The predicted molar refractivity (Wildman–Crippen MR) is 89.9 cm³/mol. The highest BCUT2D eigenvalue weighted by Gasteiger charge is 2.28. The first-order valence-electron chi connectivity index (χ1n) is 8.16. The number of ether oxygens (including phenoxy) is 1. The van der Waals surface area contributed by atoms with Gasteiger partial charge in [0, 0.05) is 25.2 Å². The summed E-state index contributed by atoms with van der Waals surface area (Å²) in [7, 11) is 0. The third kappa shape index (κ3) is 3.55. The van der Waals surface area contributed by atoms with Crippen molar-refractivity contribution in [1.29, 1.82) is 0 Å². The van der Waals surface area contributed by atoms with E-state index in [9.17, 15) is 9.59 Å². The highest BCUT2D eigenvalue weighted by atomic mass is 16.6. The molecule has 0 aromatic carbocycles. The molecular weight excluding hydrogens is 308 g/mol. The van der Waals surface area contributed by atoms with Crippen LogP contribution in [0, 0.1) is 0 Å². The zero-order chi connectivity index (χ0) is 17.3. The predicted octanol–water partition coefficient (Wildman–Crippen LogP) is 2.43. The molecule has 0 atom stereocenters. The van der Waals surface area contributed by atoms with Crippen molar-refractivity contribution >= 4 is 17.1 Å². The van der Waals surface area contributed by atoms with Gasteiger partial charge >= 0.3 is 6.09 Å². The number of likely N-dealkylation sites (tertiary alicyclic amines) is 1. The zero-order valence-electron chi connectivity index (χ0n) is 14.2. The Bertz CT molecular complexity index is 801. The normalized spacial score (nSPS) is 16.4. The maximum Gasteiger partial charge on any atom is 0.410 e. The second-order valence-corrected chi connectivity index (χ2v) is 7.07. The SMILES string of the molecule is CC(C)(C)OC(=O)N1CCC(c2nc3ncccc3c(=O)[nH]2)CC1. The van der Waals surface area contributed by atoms with Gasteiger partial charge < -0.3 is 14.6 Å². The molecule has 3 heterocycles. The number of amides is 1. The van der Waals surface area contributed by atoms with E-state index in [1.807, 2.05) is 20.8 Å². The van der Waals surface area contributed by atoms with Crippen LogP contribution in [0.15, 0.2) is 23.1 Å². The Morgan fingerprint density at radius 3 is 2.71 bits per heavy atom. The van der Waals surface area contributed by atoms with E-state index >= 15 is 0 Å². The number of aromatic amines is 1. The van der Waals surface area contributed by atoms with Crippen molar-refractivity contribution in [1.82, 2.24) is 19.9 Å². The number of carbonyl (C=O) groups excluding carboxylic acids is 1. The smallest absolute Gasteiger partial charge is 0.410 e. The molecule has 1 amide bonds. The third-order valence-corrected chi connectivity index (χ3v) is 4.03. The number of nitrogens with zero attached hydrogens (tertiary/aromatic N) is 3. The molecule has 128 valence electrons. The van der Waals surface area contributed by atoms with Gasteiger partial charge in [-0.15, -0.1) is 0 Å². The fraction of sp³-hybridized carbons (Fsp3) is 0.529. The van der Waals surface area contributed by atoms with Gasteiger partial charge in [-0.2, -0.15) is 0 Å². The Balaban J connectivity index is 1.71. The number of aromatic nitrogens is 3. The van der Waals surface area contributed by atoms with Gasteiger partial charge in [-0.3, -0.25) is 4.79 Å². The van der Waals surface area contributed by atoms with Crippen LogP contribution >= 0.6 is 0 Å². The standard InChI is InChI=1S/C17H22N4O3/c1-17(2,3)24-16(23)21-9-6-11(7-10-21)13-19-14-12(15(22)20-13)5-4-8-18-14/h4-5,8,11H,6-7,9-10H2,1-3H3,(H,18,19,20,22). The Labute approximate surface area is 140 Å². The summed E-state index contributed by atoms with van der Waals surface area (Å²) in [5, 5.41) is 0.493. The minimum absolute atomic E-state index is 0.114. The van der Waals surface area contributed by atoms with Crippen molar-refractivity contribution in [2.45, 2.75) is 45.1 Å². The number of fused-ring (bicyclic) bond motifs is 1. The van der Waals surface area contributed by atoms with E-state index in [1.165, 1.54) is 0 Å². The van der Waals surface area contributed by atoms with Crippen LogP contribution in [0.25, 0.3) is 11.0 Å². The first-order chi connectivity index (χ1) is 11.3. The molecule has 2 aromatic rings. The van der Waals surface area contributed by atoms with E-state index in [-0.39, 0.29) is 17.6 Å². The van der Waals surface area contributed by atoms with Gasteiger partial charge in [-0.25, -0.2) is 14.8 Å². The van der Waals surface area contributed by atoms with Gasteiger partial charge in [0.15, 0.2) is 5.65 Å². The number of rotatable bonds is 1. The van der Waals surface area contributed by atoms with Crippen LogP contribution in [-0.2, 0) is 4.74 Å². The average Bonchev–Trinajstić information content (AvgIpc) is 2.53. The minimum Gasteiger partial charge on any atom is -0.444 e. The van der Waals surface area contributed by atoms with E-state index in [1.54, 1.807) is 23.2 Å². The average molecular weight is 330 g/mol. The number of hydrogen-bond donors (Lipinski definition) is 1. The number of H-pyrrole nitrogens is 1. The lowest BCUT2D eigenvalue weighted by Gasteiger charge is -2.33. The molecule has 2 aromatic heterocycles. The fourth-order valence-electron chi connectivity index (χ4n) is 2.84. The van der Waals surface area contributed by atoms with Crippen LogP contribution in [0.3, 0.4) is 0 Å². The third-order valence-electron chi connectivity index (χ3n) is 4.03. The molecule has 3 rings (SSSR count). The van der Waals surface area contributed by atoms with Gasteiger partial charge in [0.1, 0.15) is 11.4 Å². The van der Waals surface area contributed by atoms with E-state index in [2.05, 4.69) is 15.0 Å². The summed E-state index contributed by atoms with van der Waals surface area (Å²) in [6.45, 7) is 6.74. The molecule has 0 bridgehead atoms. The second kappa shape index (κ2) is 6.22. The lowest BCUT2D eigenvalue weighted by atomic mass is 9.96. The van der Waals surface area contributed by atoms with Crippen LogP contribution in [0.5, 0.6) is 0 Å². The Morgan fingerprint density at radius 2 is 2.04 bits per heavy atom. The van der Waals surface area contributed by atoms with Crippen LogP contribution in [-0.4, -0.2) is 44.6 Å². The number of carbonyl (C=O) groups is 1.